The first-order valence-electron chi connectivity index (χ1n) is 8.21. The summed E-state index contributed by atoms with van der Waals surface area (Å²) in [6.07, 6.45) is 1.24. The van der Waals surface area contributed by atoms with E-state index in [1.807, 2.05) is 24.3 Å². The second-order valence-electron chi connectivity index (χ2n) is 6.95. The summed E-state index contributed by atoms with van der Waals surface area (Å²) in [7, 11) is 0. The molecule has 2 atom stereocenters. The number of esters is 1. The average molecular weight is 346 g/mol. The van der Waals surface area contributed by atoms with Crippen LogP contribution in [0.3, 0.4) is 0 Å². The molecule has 0 spiro atoms. The highest BCUT2D eigenvalue weighted by Crippen LogP contribution is 2.36. The number of carbonyl (C=O) groups excluding carboxylic acids is 2. The first kappa shape index (κ1) is 17.0. The Bertz CT molecular complexity index is 737. The maximum Gasteiger partial charge on any atom is 0.310 e. The van der Waals surface area contributed by atoms with E-state index in [1.165, 1.54) is 11.8 Å². The molecule has 1 fully saturated rings. The van der Waals surface area contributed by atoms with Crippen molar-refractivity contribution in [1.29, 1.82) is 0 Å². The number of para-hydroxylation sites is 2. The van der Waals surface area contributed by atoms with E-state index in [1.54, 1.807) is 6.92 Å². The van der Waals surface area contributed by atoms with Gasteiger partial charge in [-0.05, 0) is 31.4 Å². The van der Waals surface area contributed by atoms with E-state index >= 15 is 0 Å². The Labute approximate surface area is 145 Å². The summed E-state index contributed by atoms with van der Waals surface area (Å²) in [5.74, 6) is 0.166. The Kier molecular flexibility index (Phi) is 4.67. The first-order valence-corrected chi connectivity index (χ1v) is 9.19. The number of aromatic amines is 1. The number of rotatable bonds is 6. The number of hydrogen-bond acceptors (Lipinski definition) is 5. The molecule has 128 valence electrons. The van der Waals surface area contributed by atoms with Gasteiger partial charge in [-0.3, -0.25) is 9.59 Å². The minimum atomic E-state index is -1.00. The van der Waals surface area contributed by atoms with Crippen molar-refractivity contribution in [3.63, 3.8) is 0 Å². The lowest BCUT2D eigenvalue weighted by molar-refractivity contribution is -0.156. The van der Waals surface area contributed by atoms with Gasteiger partial charge in [0, 0.05) is 6.42 Å². The summed E-state index contributed by atoms with van der Waals surface area (Å²) in [6, 6.07) is 7.74. The molecule has 1 aromatic carbocycles. The standard InChI is InChI=1S/C18H22N2O3S/c1-11(2)8-12-9-18(3,23-16(12)22)15(21)10-24-17-19-13-6-4-5-7-14(13)20-17/h4-7,11-12H,8-10H2,1-3H3,(H,19,20)/t12-,18+/m1/s1. The van der Waals surface area contributed by atoms with Gasteiger partial charge in [-0.2, -0.15) is 0 Å². The van der Waals surface area contributed by atoms with Crippen molar-refractivity contribution in [1.82, 2.24) is 9.97 Å². The first-order chi connectivity index (χ1) is 11.4. The van der Waals surface area contributed by atoms with Crippen molar-refractivity contribution in [2.45, 2.75) is 44.4 Å². The van der Waals surface area contributed by atoms with Crippen LogP contribution in [-0.2, 0) is 14.3 Å². The summed E-state index contributed by atoms with van der Waals surface area (Å²) in [5.41, 5.74) is 0.821. The molecule has 2 heterocycles. The molecule has 6 heteroatoms. The van der Waals surface area contributed by atoms with Crippen LogP contribution in [0, 0.1) is 11.8 Å². The number of thioether (sulfide) groups is 1. The van der Waals surface area contributed by atoms with Gasteiger partial charge in [0.2, 0.25) is 0 Å². The highest BCUT2D eigenvalue weighted by Gasteiger charge is 2.48. The Morgan fingerprint density at radius 2 is 2.21 bits per heavy atom. The van der Waals surface area contributed by atoms with Gasteiger partial charge in [-0.25, -0.2) is 4.98 Å². The van der Waals surface area contributed by atoms with E-state index in [4.69, 9.17) is 4.74 Å². The van der Waals surface area contributed by atoms with Gasteiger partial charge in [0.15, 0.2) is 16.5 Å². The van der Waals surface area contributed by atoms with Gasteiger partial charge in [0.1, 0.15) is 0 Å². The fraction of sp³-hybridized carbons (Fsp3) is 0.500. The summed E-state index contributed by atoms with van der Waals surface area (Å²) in [6.45, 7) is 5.87. The molecule has 0 amide bonds. The topological polar surface area (TPSA) is 72.1 Å². The number of H-pyrrole nitrogens is 1. The number of imidazole rings is 1. The van der Waals surface area contributed by atoms with Crippen molar-refractivity contribution in [3.8, 4) is 0 Å². The predicted molar refractivity (Wildman–Crippen MR) is 93.9 cm³/mol. The summed E-state index contributed by atoms with van der Waals surface area (Å²) in [5, 5.41) is 0.705. The van der Waals surface area contributed by atoms with E-state index in [2.05, 4.69) is 23.8 Å². The van der Waals surface area contributed by atoms with Crippen molar-refractivity contribution in [2.75, 3.05) is 5.75 Å². The van der Waals surface area contributed by atoms with Crippen LogP contribution in [0.4, 0.5) is 0 Å². The van der Waals surface area contributed by atoms with E-state index in [-0.39, 0.29) is 23.4 Å². The molecule has 0 radical (unpaired) electrons. The quantitative estimate of drug-likeness (QED) is 0.639. The Morgan fingerprint density at radius 1 is 1.46 bits per heavy atom. The second-order valence-corrected chi connectivity index (χ2v) is 7.92. The maximum absolute atomic E-state index is 12.6. The number of nitrogens with one attached hydrogen (secondary N) is 1. The van der Waals surface area contributed by atoms with Gasteiger partial charge in [-0.15, -0.1) is 0 Å². The number of fused-ring (bicyclic) bond motifs is 1. The molecule has 1 N–H and O–H groups in total. The van der Waals surface area contributed by atoms with Gasteiger partial charge < -0.3 is 9.72 Å². The number of nitrogens with zero attached hydrogens (tertiary/aromatic N) is 1. The molecule has 5 nitrogen and oxygen atoms in total. The lowest BCUT2D eigenvalue weighted by atomic mass is 9.88. The number of hydrogen-bond donors (Lipinski definition) is 1. The highest BCUT2D eigenvalue weighted by molar-refractivity contribution is 7.99. The lowest BCUT2D eigenvalue weighted by Crippen LogP contribution is -2.36. The minimum absolute atomic E-state index is 0.0624. The molecule has 2 aromatic rings. The van der Waals surface area contributed by atoms with Gasteiger partial charge in [-0.1, -0.05) is 37.7 Å². The number of carbonyl (C=O) groups is 2. The molecular formula is C18H22N2O3S. The molecule has 0 saturated carbocycles. The summed E-state index contributed by atoms with van der Waals surface area (Å²) >= 11 is 1.35. The third kappa shape index (κ3) is 3.48. The lowest BCUT2D eigenvalue weighted by Gasteiger charge is -2.20. The normalized spacial score (nSPS) is 23.8. The summed E-state index contributed by atoms with van der Waals surface area (Å²) in [4.78, 5) is 32.3. The van der Waals surface area contributed by atoms with Crippen LogP contribution in [0.25, 0.3) is 11.0 Å². The van der Waals surface area contributed by atoms with Gasteiger partial charge in [0.05, 0.1) is 22.7 Å². The molecule has 0 aliphatic carbocycles. The number of ketones is 1. The number of ether oxygens (including phenoxy) is 1. The zero-order chi connectivity index (χ0) is 17.3. The van der Waals surface area contributed by atoms with Crippen molar-refractivity contribution >= 4 is 34.5 Å². The zero-order valence-electron chi connectivity index (χ0n) is 14.2. The molecule has 24 heavy (non-hydrogen) atoms. The van der Waals surface area contributed by atoms with Crippen molar-refractivity contribution in [2.24, 2.45) is 11.8 Å². The van der Waals surface area contributed by atoms with Crippen LogP contribution in [0.15, 0.2) is 29.4 Å². The molecule has 1 saturated heterocycles. The molecule has 1 aliphatic rings. The Morgan fingerprint density at radius 3 is 2.92 bits per heavy atom. The minimum Gasteiger partial charge on any atom is -0.451 e. The second kappa shape index (κ2) is 6.59. The maximum atomic E-state index is 12.6. The molecule has 0 unspecified atom stereocenters. The zero-order valence-corrected chi connectivity index (χ0v) is 15.0. The highest BCUT2D eigenvalue weighted by atomic mass is 32.2. The Balaban J connectivity index is 1.63. The predicted octanol–water partition coefficient (Wildman–Crippen LogP) is 3.59. The smallest absolute Gasteiger partial charge is 0.310 e. The van der Waals surface area contributed by atoms with Crippen LogP contribution in [-0.4, -0.2) is 33.1 Å². The molecule has 1 aliphatic heterocycles. The van der Waals surface area contributed by atoms with Crippen LogP contribution in [0.1, 0.15) is 33.6 Å². The van der Waals surface area contributed by atoms with E-state index in [0.29, 0.717) is 17.5 Å². The fourth-order valence-corrected chi connectivity index (χ4v) is 4.02. The van der Waals surface area contributed by atoms with Crippen LogP contribution < -0.4 is 0 Å². The SMILES string of the molecule is CC(C)C[C@@H]1C[C@@](C)(C(=O)CSc2nc3ccccc3[nH]2)OC1=O. The van der Waals surface area contributed by atoms with Gasteiger partial charge in [0.25, 0.3) is 0 Å². The Hall–Kier alpha value is -1.82. The molecule has 1 aromatic heterocycles. The van der Waals surface area contributed by atoms with E-state index < -0.39 is 5.60 Å². The van der Waals surface area contributed by atoms with E-state index in [0.717, 1.165) is 17.5 Å². The van der Waals surface area contributed by atoms with Crippen LogP contribution >= 0.6 is 11.8 Å². The number of benzene rings is 1. The summed E-state index contributed by atoms with van der Waals surface area (Å²) < 4.78 is 5.44. The third-order valence-electron chi connectivity index (χ3n) is 4.35. The molecular weight excluding hydrogens is 324 g/mol. The van der Waals surface area contributed by atoms with Crippen LogP contribution in [0.2, 0.25) is 0 Å². The third-order valence-corrected chi connectivity index (χ3v) is 5.22. The largest absolute Gasteiger partial charge is 0.451 e. The van der Waals surface area contributed by atoms with Crippen LogP contribution in [0.5, 0.6) is 0 Å². The van der Waals surface area contributed by atoms with Crippen molar-refractivity contribution < 1.29 is 14.3 Å². The van der Waals surface area contributed by atoms with Gasteiger partial charge >= 0.3 is 5.97 Å². The number of Topliss-reactive ketones (excluding diaryl/α,β-unsaturated/α-hetero) is 1. The molecule has 3 rings (SSSR count). The number of aromatic nitrogens is 2. The number of cyclic esters (lactones) is 1. The van der Waals surface area contributed by atoms with E-state index in [9.17, 15) is 9.59 Å². The van der Waals surface area contributed by atoms with Crippen molar-refractivity contribution in [3.05, 3.63) is 24.3 Å². The average Bonchev–Trinajstić information content (AvgIpc) is 3.05. The monoisotopic (exact) mass is 346 g/mol. The fourth-order valence-electron chi connectivity index (χ4n) is 3.10. The molecule has 0 bridgehead atoms.